The first kappa shape index (κ1) is 14.6. The van der Waals surface area contributed by atoms with Crippen LogP contribution in [-0.4, -0.2) is 43.6 Å². The molecule has 1 heterocycles. The van der Waals surface area contributed by atoms with Gasteiger partial charge in [0.2, 0.25) is 5.82 Å². The number of amides is 1. The number of aromatic amines is 1. The molecule has 1 atom stereocenters. The van der Waals surface area contributed by atoms with Crippen LogP contribution in [0.25, 0.3) is 11.4 Å². The van der Waals surface area contributed by atoms with Crippen molar-refractivity contribution in [2.45, 2.75) is 25.8 Å². The van der Waals surface area contributed by atoms with E-state index in [1.54, 1.807) is 24.3 Å². The zero-order chi connectivity index (χ0) is 15.2. The summed E-state index contributed by atoms with van der Waals surface area (Å²) in [7, 11) is 0. The average molecular weight is 289 g/mol. The first-order chi connectivity index (χ1) is 10.1. The predicted octanol–water partition coefficient (Wildman–Crippen LogP) is 0.850. The van der Waals surface area contributed by atoms with E-state index in [0.717, 1.165) is 0 Å². The maximum Gasteiger partial charge on any atom is 0.326 e. The van der Waals surface area contributed by atoms with Crippen LogP contribution in [-0.2, 0) is 4.79 Å². The molecule has 21 heavy (non-hydrogen) atoms. The Balaban J connectivity index is 2.07. The van der Waals surface area contributed by atoms with Gasteiger partial charge in [0, 0.05) is 11.1 Å². The van der Waals surface area contributed by atoms with Gasteiger partial charge in [-0.15, -0.1) is 10.2 Å². The van der Waals surface area contributed by atoms with E-state index in [2.05, 4.69) is 25.9 Å². The van der Waals surface area contributed by atoms with E-state index in [1.165, 1.54) is 0 Å². The van der Waals surface area contributed by atoms with Gasteiger partial charge in [0.15, 0.2) is 0 Å². The third-order valence-electron chi connectivity index (χ3n) is 2.93. The Morgan fingerprint density at radius 3 is 2.57 bits per heavy atom. The van der Waals surface area contributed by atoms with Gasteiger partial charge >= 0.3 is 5.97 Å². The minimum atomic E-state index is -1.03. The maximum absolute atomic E-state index is 12.0. The Hall–Kier alpha value is -2.77. The Kier molecular flexibility index (Phi) is 4.60. The molecule has 0 unspecified atom stereocenters. The van der Waals surface area contributed by atoms with Gasteiger partial charge < -0.3 is 10.4 Å². The first-order valence-corrected chi connectivity index (χ1v) is 6.49. The molecule has 0 saturated heterocycles. The quantitative estimate of drug-likeness (QED) is 0.725. The molecule has 110 valence electrons. The molecule has 1 aromatic carbocycles. The van der Waals surface area contributed by atoms with Crippen molar-refractivity contribution in [3.8, 4) is 11.4 Å². The van der Waals surface area contributed by atoms with Crippen molar-refractivity contribution in [2.75, 3.05) is 0 Å². The molecule has 2 rings (SSSR count). The number of aromatic nitrogens is 4. The smallest absolute Gasteiger partial charge is 0.326 e. The number of nitrogens with zero attached hydrogens (tertiary/aromatic N) is 3. The normalized spacial score (nSPS) is 11.9. The number of aliphatic carboxylic acids is 1. The van der Waals surface area contributed by atoms with Crippen molar-refractivity contribution >= 4 is 11.9 Å². The molecule has 0 bridgehead atoms. The van der Waals surface area contributed by atoms with E-state index in [-0.39, 0.29) is 0 Å². The molecule has 0 aliphatic carbocycles. The zero-order valence-corrected chi connectivity index (χ0v) is 11.4. The number of nitrogens with one attached hydrogen (secondary N) is 2. The molecule has 3 N–H and O–H groups in total. The number of hydrogen-bond donors (Lipinski definition) is 3. The molecule has 2 aromatic rings. The highest BCUT2D eigenvalue weighted by Gasteiger charge is 2.19. The second-order valence-electron chi connectivity index (χ2n) is 4.47. The van der Waals surface area contributed by atoms with E-state index in [1.807, 2.05) is 6.92 Å². The van der Waals surface area contributed by atoms with Crippen LogP contribution in [0, 0.1) is 0 Å². The number of H-pyrrole nitrogens is 1. The van der Waals surface area contributed by atoms with Gasteiger partial charge in [-0.2, -0.15) is 5.21 Å². The minimum absolute atomic E-state index is 0.379. The fourth-order valence-electron chi connectivity index (χ4n) is 1.84. The predicted molar refractivity (Wildman–Crippen MR) is 73.4 cm³/mol. The van der Waals surface area contributed by atoms with Crippen molar-refractivity contribution in [1.29, 1.82) is 0 Å². The second-order valence-corrected chi connectivity index (χ2v) is 4.47. The van der Waals surface area contributed by atoms with Gasteiger partial charge in [0.05, 0.1) is 0 Å². The van der Waals surface area contributed by atoms with Crippen molar-refractivity contribution < 1.29 is 14.7 Å². The lowest BCUT2D eigenvalue weighted by atomic mass is 10.1. The second kappa shape index (κ2) is 6.60. The van der Waals surface area contributed by atoms with Crippen LogP contribution in [0.1, 0.15) is 30.1 Å². The third kappa shape index (κ3) is 3.62. The van der Waals surface area contributed by atoms with Gasteiger partial charge in [0.1, 0.15) is 6.04 Å². The highest BCUT2D eigenvalue weighted by atomic mass is 16.4. The number of carbonyl (C=O) groups is 2. The molecule has 1 aromatic heterocycles. The number of rotatable bonds is 6. The van der Waals surface area contributed by atoms with E-state index in [9.17, 15) is 9.59 Å². The van der Waals surface area contributed by atoms with E-state index >= 15 is 0 Å². The summed E-state index contributed by atoms with van der Waals surface area (Å²) in [6.07, 6.45) is 1.07. The molecule has 0 aliphatic heterocycles. The van der Waals surface area contributed by atoms with Crippen molar-refractivity contribution in [1.82, 2.24) is 25.9 Å². The number of hydrogen-bond acceptors (Lipinski definition) is 5. The van der Waals surface area contributed by atoms with Gasteiger partial charge in [-0.1, -0.05) is 25.5 Å². The number of tetrazole rings is 1. The topological polar surface area (TPSA) is 121 Å². The van der Waals surface area contributed by atoms with Crippen molar-refractivity contribution in [2.24, 2.45) is 0 Å². The molecular weight excluding hydrogens is 274 g/mol. The lowest BCUT2D eigenvalue weighted by Crippen LogP contribution is -2.40. The van der Waals surface area contributed by atoms with Crippen LogP contribution in [0.5, 0.6) is 0 Å². The maximum atomic E-state index is 12.0. The molecule has 0 radical (unpaired) electrons. The van der Waals surface area contributed by atoms with Crippen LogP contribution >= 0.6 is 0 Å². The van der Waals surface area contributed by atoms with E-state index < -0.39 is 17.9 Å². The highest BCUT2D eigenvalue weighted by molar-refractivity contribution is 5.96. The van der Waals surface area contributed by atoms with Gasteiger partial charge in [0.25, 0.3) is 5.91 Å². The number of carboxylic acid groups (broad SMARTS) is 1. The minimum Gasteiger partial charge on any atom is -0.480 e. The van der Waals surface area contributed by atoms with Gasteiger partial charge in [-0.3, -0.25) is 4.79 Å². The number of carboxylic acids is 1. The Bertz CT molecular complexity index is 609. The highest BCUT2D eigenvalue weighted by Crippen LogP contribution is 2.14. The van der Waals surface area contributed by atoms with Crippen molar-refractivity contribution in [3.63, 3.8) is 0 Å². The Labute approximate surface area is 120 Å². The van der Waals surface area contributed by atoms with Crippen molar-refractivity contribution in [3.05, 3.63) is 29.8 Å². The summed E-state index contributed by atoms with van der Waals surface area (Å²) in [5.74, 6) is -1.03. The summed E-state index contributed by atoms with van der Waals surface area (Å²) in [6.45, 7) is 1.86. The molecule has 0 aliphatic rings. The Morgan fingerprint density at radius 1 is 1.33 bits per heavy atom. The van der Waals surface area contributed by atoms with E-state index in [0.29, 0.717) is 29.8 Å². The number of benzene rings is 1. The number of carbonyl (C=O) groups excluding carboxylic acids is 1. The fourth-order valence-corrected chi connectivity index (χ4v) is 1.84. The van der Waals surface area contributed by atoms with Crippen LogP contribution in [0.15, 0.2) is 24.3 Å². The molecule has 8 nitrogen and oxygen atoms in total. The lowest BCUT2D eigenvalue weighted by Gasteiger charge is -2.13. The SMILES string of the molecule is CCC[C@H](NC(=O)c1ccc(-c2nn[nH]n2)cc1)C(=O)O. The summed E-state index contributed by atoms with van der Waals surface area (Å²) >= 11 is 0. The summed E-state index contributed by atoms with van der Waals surface area (Å²) in [5, 5.41) is 25.0. The summed E-state index contributed by atoms with van der Waals surface area (Å²) in [4.78, 5) is 23.0. The fraction of sp³-hybridized carbons (Fsp3) is 0.308. The molecular formula is C13H15N5O3. The van der Waals surface area contributed by atoms with Gasteiger partial charge in [-0.25, -0.2) is 4.79 Å². The largest absolute Gasteiger partial charge is 0.480 e. The van der Waals surface area contributed by atoms with Crippen LogP contribution < -0.4 is 5.32 Å². The standard InChI is InChI=1S/C13H15N5O3/c1-2-3-10(13(20)21)14-12(19)9-6-4-8(5-7-9)11-15-17-18-16-11/h4-7,10H,2-3H2,1H3,(H,14,19)(H,20,21)(H,15,16,17,18)/t10-/m0/s1. The summed E-state index contributed by atoms with van der Waals surface area (Å²) < 4.78 is 0. The van der Waals surface area contributed by atoms with Crippen LogP contribution in [0.3, 0.4) is 0 Å². The average Bonchev–Trinajstić information content (AvgIpc) is 3.01. The third-order valence-corrected chi connectivity index (χ3v) is 2.93. The summed E-state index contributed by atoms with van der Waals surface area (Å²) in [5.41, 5.74) is 1.09. The molecule has 8 heteroatoms. The van der Waals surface area contributed by atoms with E-state index in [4.69, 9.17) is 5.11 Å². The molecule has 0 saturated carbocycles. The zero-order valence-electron chi connectivity index (χ0n) is 11.4. The molecule has 0 spiro atoms. The van der Waals surface area contributed by atoms with Crippen LogP contribution in [0.2, 0.25) is 0 Å². The van der Waals surface area contributed by atoms with Gasteiger partial charge in [-0.05, 0) is 23.8 Å². The monoisotopic (exact) mass is 289 g/mol. The molecule has 0 fully saturated rings. The lowest BCUT2D eigenvalue weighted by molar-refractivity contribution is -0.139. The molecule has 1 amide bonds. The summed E-state index contributed by atoms with van der Waals surface area (Å²) in [6, 6.07) is 5.65. The first-order valence-electron chi connectivity index (χ1n) is 6.49. The van der Waals surface area contributed by atoms with Crippen LogP contribution in [0.4, 0.5) is 0 Å². The Morgan fingerprint density at radius 2 is 2.05 bits per heavy atom.